The first-order chi connectivity index (χ1) is 9.08. The number of nitrogens with zero attached hydrogens (tertiary/aromatic N) is 1. The summed E-state index contributed by atoms with van der Waals surface area (Å²) < 4.78 is 6.94. The van der Waals surface area contributed by atoms with E-state index in [-0.39, 0.29) is 0 Å². The SMILES string of the molecule is Cc1ccccc1-c1nc2cc(C)c(C)c(Br)c2o1. The van der Waals surface area contributed by atoms with Crippen LogP contribution in [0.1, 0.15) is 16.7 Å². The Kier molecular flexibility index (Phi) is 2.94. The third-order valence-corrected chi connectivity index (χ3v) is 4.46. The van der Waals surface area contributed by atoms with E-state index in [1.807, 2.05) is 18.2 Å². The average molecular weight is 316 g/mol. The van der Waals surface area contributed by atoms with Crippen molar-refractivity contribution >= 4 is 27.0 Å². The van der Waals surface area contributed by atoms with E-state index in [4.69, 9.17) is 4.42 Å². The fraction of sp³-hybridized carbons (Fsp3) is 0.188. The van der Waals surface area contributed by atoms with E-state index < -0.39 is 0 Å². The summed E-state index contributed by atoms with van der Waals surface area (Å²) >= 11 is 3.60. The molecule has 0 spiro atoms. The molecule has 2 aromatic carbocycles. The topological polar surface area (TPSA) is 26.0 Å². The molecule has 0 fully saturated rings. The molecule has 0 radical (unpaired) electrons. The van der Waals surface area contributed by atoms with Crippen LogP contribution in [0.5, 0.6) is 0 Å². The smallest absolute Gasteiger partial charge is 0.227 e. The molecule has 1 aromatic heterocycles. The Bertz CT molecular complexity index is 774. The third kappa shape index (κ3) is 1.98. The van der Waals surface area contributed by atoms with Crippen molar-refractivity contribution in [3.05, 3.63) is 51.5 Å². The zero-order chi connectivity index (χ0) is 13.6. The van der Waals surface area contributed by atoms with Crippen LogP contribution in [0.15, 0.2) is 39.2 Å². The van der Waals surface area contributed by atoms with E-state index in [0.29, 0.717) is 5.89 Å². The van der Waals surface area contributed by atoms with Crippen molar-refractivity contribution in [3.63, 3.8) is 0 Å². The summed E-state index contributed by atoms with van der Waals surface area (Å²) in [6.07, 6.45) is 0. The number of aromatic nitrogens is 1. The van der Waals surface area contributed by atoms with Gasteiger partial charge >= 0.3 is 0 Å². The molecule has 0 saturated carbocycles. The number of hydrogen-bond donors (Lipinski definition) is 0. The van der Waals surface area contributed by atoms with Gasteiger partial charge in [0.05, 0.1) is 4.47 Å². The second-order valence-corrected chi connectivity index (χ2v) is 5.61. The molecule has 0 atom stereocenters. The van der Waals surface area contributed by atoms with Crippen molar-refractivity contribution in [3.8, 4) is 11.5 Å². The van der Waals surface area contributed by atoms with Crippen LogP contribution >= 0.6 is 15.9 Å². The molecule has 0 saturated heterocycles. The zero-order valence-electron chi connectivity index (χ0n) is 11.1. The second-order valence-electron chi connectivity index (χ2n) is 4.81. The lowest BCUT2D eigenvalue weighted by molar-refractivity contribution is 0.617. The standard InChI is InChI=1S/C16H14BrNO/c1-9-6-4-5-7-12(9)16-18-13-8-10(2)11(3)14(17)15(13)19-16/h4-8H,1-3H3. The van der Waals surface area contributed by atoms with Crippen LogP contribution in [-0.2, 0) is 0 Å². The molecule has 0 bridgehead atoms. The number of oxazole rings is 1. The molecular formula is C16H14BrNO. The molecule has 0 amide bonds. The maximum absolute atomic E-state index is 5.94. The normalized spacial score (nSPS) is 11.2. The first-order valence-corrected chi connectivity index (χ1v) is 6.99. The lowest BCUT2D eigenvalue weighted by Gasteiger charge is -2.01. The third-order valence-electron chi connectivity index (χ3n) is 3.50. The second kappa shape index (κ2) is 4.49. The van der Waals surface area contributed by atoms with Gasteiger partial charge in [0.1, 0.15) is 5.52 Å². The van der Waals surface area contributed by atoms with Crippen LogP contribution in [0.25, 0.3) is 22.6 Å². The zero-order valence-corrected chi connectivity index (χ0v) is 12.7. The summed E-state index contributed by atoms with van der Waals surface area (Å²) in [5.74, 6) is 0.679. The van der Waals surface area contributed by atoms with Crippen LogP contribution < -0.4 is 0 Å². The summed E-state index contributed by atoms with van der Waals surface area (Å²) in [5, 5.41) is 0. The van der Waals surface area contributed by atoms with E-state index in [0.717, 1.165) is 21.1 Å². The lowest BCUT2D eigenvalue weighted by Crippen LogP contribution is -1.83. The maximum atomic E-state index is 5.94. The number of fused-ring (bicyclic) bond motifs is 1. The molecule has 19 heavy (non-hydrogen) atoms. The summed E-state index contributed by atoms with van der Waals surface area (Å²) in [5.41, 5.74) is 6.33. The Balaban J connectivity index is 2.29. The highest BCUT2D eigenvalue weighted by Gasteiger charge is 2.14. The number of hydrogen-bond acceptors (Lipinski definition) is 2. The van der Waals surface area contributed by atoms with E-state index in [2.05, 4.69) is 53.8 Å². The van der Waals surface area contributed by atoms with Gasteiger partial charge in [-0.2, -0.15) is 0 Å². The fourth-order valence-corrected chi connectivity index (χ4v) is 2.77. The van der Waals surface area contributed by atoms with Gasteiger partial charge in [-0.05, 0) is 65.5 Å². The van der Waals surface area contributed by atoms with Crippen molar-refractivity contribution in [2.45, 2.75) is 20.8 Å². The van der Waals surface area contributed by atoms with Gasteiger partial charge in [0.25, 0.3) is 0 Å². The van der Waals surface area contributed by atoms with Crippen LogP contribution in [0.2, 0.25) is 0 Å². The number of aryl methyl sites for hydroxylation is 2. The van der Waals surface area contributed by atoms with Gasteiger partial charge in [0.2, 0.25) is 5.89 Å². The van der Waals surface area contributed by atoms with Crippen molar-refractivity contribution in [1.82, 2.24) is 4.98 Å². The molecule has 0 aliphatic rings. The fourth-order valence-electron chi connectivity index (χ4n) is 2.17. The molecular weight excluding hydrogens is 302 g/mol. The molecule has 0 aliphatic carbocycles. The summed E-state index contributed by atoms with van der Waals surface area (Å²) in [4.78, 5) is 4.61. The van der Waals surface area contributed by atoms with Gasteiger partial charge in [-0.1, -0.05) is 18.2 Å². The molecule has 0 N–H and O–H groups in total. The maximum Gasteiger partial charge on any atom is 0.227 e. The minimum Gasteiger partial charge on any atom is -0.435 e. The van der Waals surface area contributed by atoms with Crippen molar-refractivity contribution in [2.75, 3.05) is 0 Å². The summed E-state index contributed by atoms with van der Waals surface area (Å²) in [6.45, 7) is 6.23. The first kappa shape index (κ1) is 12.4. The Labute approximate surface area is 120 Å². The molecule has 3 rings (SSSR count). The number of halogens is 1. The minimum atomic E-state index is 0.679. The highest BCUT2D eigenvalue weighted by atomic mass is 79.9. The van der Waals surface area contributed by atoms with Crippen LogP contribution in [0.3, 0.4) is 0 Å². The van der Waals surface area contributed by atoms with Gasteiger partial charge in [0, 0.05) is 5.56 Å². The van der Waals surface area contributed by atoms with Gasteiger partial charge in [-0.3, -0.25) is 0 Å². The summed E-state index contributed by atoms with van der Waals surface area (Å²) in [7, 11) is 0. The Morgan fingerprint density at radius 1 is 1.05 bits per heavy atom. The van der Waals surface area contributed by atoms with Crippen molar-refractivity contribution < 1.29 is 4.42 Å². The largest absolute Gasteiger partial charge is 0.435 e. The van der Waals surface area contributed by atoms with Crippen molar-refractivity contribution in [2.24, 2.45) is 0 Å². The van der Waals surface area contributed by atoms with Crippen molar-refractivity contribution in [1.29, 1.82) is 0 Å². The molecule has 1 heterocycles. The number of benzene rings is 2. The van der Waals surface area contributed by atoms with Gasteiger partial charge < -0.3 is 4.42 Å². The lowest BCUT2D eigenvalue weighted by atomic mass is 10.1. The predicted molar refractivity (Wildman–Crippen MR) is 81.4 cm³/mol. The minimum absolute atomic E-state index is 0.679. The molecule has 3 heteroatoms. The molecule has 0 aliphatic heterocycles. The first-order valence-electron chi connectivity index (χ1n) is 6.20. The van der Waals surface area contributed by atoms with Crippen LogP contribution in [0.4, 0.5) is 0 Å². The predicted octanol–water partition coefficient (Wildman–Crippen LogP) is 5.18. The van der Waals surface area contributed by atoms with E-state index in [1.165, 1.54) is 16.7 Å². The molecule has 0 unspecified atom stereocenters. The van der Waals surface area contributed by atoms with Gasteiger partial charge in [-0.25, -0.2) is 4.98 Å². The average Bonchev–Trinajstić information content (AvgIpc) is 2.80. The van der Waals surface area contributed by atoms with Gasteiger partial charge in [-0.15, -0.1) is 0 Å². The Morgan fingerprint density at radius 2 is 1.79 bits per heavy atom. The quantitative estimate of drug-likeness (QED) is 0.618. The van der Waals surface area contributed by atoms with E-state index >= 15 is 0 Å². The number of rotatable bonds is 1. The van der Waals surface area contributed by atoms with E-state index in [9.17, 15) is 0 Å². The Hall–Kier alpha value is -1.61. The highest BCUT2D eigenvalue weighted by Crippen LogP contribution is 2.34. The Morgan fingerprint density at radius 3 is 2.53 bits per heavy atom. The molecule has 2 nitrogen and oxygen atoms in total. The molecule has 96 valence electrons. The highest BCUT2D eigenvalue weighted by molar-refractivity contribution is 9.10. The van der Waals surface area contributed by atoms with Crippen LogP contribution in [-0.4, -0.2) is 4.98 Å². The van der Waals surface area contributed by atoms with Crippen LogP contribution in [0, 0.1) is 20.8 Å². The molecule has 3 aromatic rings. The van der Waals surface area contributed by atoms with Gasteiger partial charge in [0.15, 0.2) is 5.58 Å². The van der Waals surface area contributed by atoms with E-state index in [1.54, 1.807) is 0 Å². The monoisotopic (exact) mass is 315 g/mol. The summed E-state index contributed by atoms with van der Waals surface area (Å²) in [6, 6.07) is 10.2.